The van der Waals surface area contributed by atoms with Crippen LogP contribution in [0.2, 0.25) is 0 Å². The van der Waals surface area contributed by atoms with Crippen molar-refractivity contribution in [3.8, 4) is 11.4 Å². The molecule has 3 aromatic rings. The molecule has 1 aromatic heterocycles. The number of halogens is 1. The Labute approximate surface area is 269 Å². The molecule has 1 N–H and O–H groups in total. The Bertz CT molecular complexity index is 1570. The highest BCUT2D eigenvalue weighted by Crippen LogP contribution is 2.28. The van der Waals surface area contributed by atoms with E-state index in [9.17, 15) is 18.8 Å². The van der Waals surface area contributed by atoms with Crippen LogP contribution >= 0.6 is 0 Å². The van der Waals surface area contributed by atoms with Crippen LogP contribution in [0.4, 0.5) is 14.9 Å². The summed E-state index contributed by atoms with van der Waals surface area (Å²) in [6.07, 6.45) is -0.456. The molecule has 3 amide bonds. The first-order valence-corrected chi connectivity index (χ1v) is 15.3. The van der Waals surface area contributed by atoms with Crippen molar-refractivity contribution >= 4 is 23.6 Å². The molecule has 0 spiro atoms. The Kier molecular flexibility index (Phi) is 10.7. The van der Waals surface area contributed by atoms with Gasteiger partial charge in [0.05, 0.1) is 13.1 Å². The number of hydrogen-bond donors (Lipinski definition) is 1. The Hall–Kier alpha value is -4.52. The number of hydrazine groups is 1. The number of nitrogens with one attached hydrogen (secondary N) is 1. The zero-order valence-electron chi connectivity index (χ0n) is 27.9. The van der Waals surface area contributed by atoms with Crippen LogP contribution < -0.4 is 10.2 Å². The lowest BCUT2D eigenvalue weighted by Crippen LogP contribution is -2.49. The standard InChI is InChI=1S/C33H44FN7O5/c1-21(2)41(32(44)45-33(5,6)7)14-13-35-29(42)19-39(28-16-24(10-9-22(28)3)31-36-23(4)46-37-31)20-30(43)38(8)40-17-25-11-12-27(34)15-26(25)18-40/h9-12,15-16,21H,13-14,17-20H2,1-8H3,(H,35,42). The molecule has 0 radical (unpaired) electrons. The minimum atomic E-state index is -0.645. The van der Waals surface area contributed by atoms with E-state index >= 15 is 0 Å². The lowest BCUT2D eigenvalue weighted by atomic mass is 10.1. The van der Waals surface area contributed by atoms with Gasteiger partial charge in [0, 0.05) is 57.4 Å². The zero-order chi connectivity index (χ0) is 33.8. The predicted molar refractivity (Wildman–Crippen MR) is 171 cm³/mol. The van der Waals surface area contributed by atoms with E-state index in [-0.39, 0.29) is 49.9 Å². The average Bonchev–Trinajstić information content (AvgIpc) is 3.59. The fourth-order valence-electron chi connectivity index (χ4n) is 5.14. The highest BCUT2D eigenvalue weighted by atomic mass is 19.1. The van der Waals surface area contributed by atoms with Gasteiger partial charge in [0.15, 0.2) is 0 Å². The molecule has 0 saturated heterocycles. The van der Waals surface area contributed by atoms with Gasteiger partial charge >= 0.3 is 6.09 Å². The van der Waals surface area contributed by atoms with E-state index in [4.69, 9.17) is 9.26 Å². The van der Waals surface area contributed by atoms with Gasteiger partial charge in [-0.3, -0.25) is 14.6 Å². The number of nitrogens with zero attached hydrogens (tertiary/aromatic N) is 6. The van der Waals surface area contributed by atoms with Crippen molar-refractivity contribution in [1.29, 1.82) is 0 Å². The maximum Gasteiger partial charge on any atom is 0.410 e. The maximum atomic E-state index is 13.8. The fraction of sp³-hybridized carbons (Fsp3) is 0.485. The fourth-order valence-corrected chi connectivity index (χ4v) is 5.14. The van der Waals surface area contributed by atoms with E-state index < -0.39 is 11.7 Å². The normalized spacial score (nSPS) is 13.0. The van der Waals surface area contributed by atoms with Gasteiger partial charge in [-0.1, -0.05) is 23.4 Å². The first kappa shape index (κ1) is 34.4. The second-order valence-electron chi connectivity index (χ2n) is 12.8. The molecule has 0 unspecified atom stereocenters. The van der Waals surface area contributed by atoms with E-state index in [1.807, 2.05) is 44.0 Å². The summed E-state index contributed by atoms with van der Waals surface area (Å²) in [5.74, 6) is -0.0885. The van der Waals surface area contributed by atoms with Gasteiger partial charge in [-0.25, -0.2) is 14.2 Å². The van der Waals surface area contributed by atoms with Gasteiger partial charge in [0.2, 0.25) is 17.6 Å². The molecule has 4 rings (SSSR count). The van der Waals surface area contributed by atoms with Crippen molar-refractivity contribution < 1.29 is 28.0 Å². The van der Waals surface area contributed by atoms with Crippen LogP contribution in [0.25, 0.3) is 11.4 Å². The second-order valence-corrected chi connectivity index (χ2v) is 12.8. The SMILES string of the molecule is Cc1nc(-c2ccc(C)c(N(CC(=O)NCCN(C(=O)OC(C)(C)C)C(C)C)CC(=O)N(C)N3Cc4ccc(F)cc4C3)c2)no1. The van der Waals surface area contributed by atoms with Gasteiger partial charge in [0.25, 0.3) is 5.91 Å². The lowest BCUT2D eigenvalue weighted by molar-refractivity contribution is -0.145. The number of aryl methyl sites for hydroxylation is 2. The minimum absolute atomic E-state index is 0.114. The number of ether oxygens (including phenoxy) is 1. The third-order valence-electron chi connectivity index (χ3n) is 7.58. The Morgan fingerprint density at radius 1 is 1.07 bits per heavy atom. The molecular formula is C33H44FN7O5. The molecule has 0 bridgehead atoms. The van der Waals surface area contributed by atoms with Gasteiger partial charge in [-0.05, 0) is 76.4 Å². The van der Waals surface area contributed by atoms with Gasteiger partial charge < -0.3 is 24.4 Å². The highest BCUT2D eigenvalue weighted by molar-refractivity contribution is 5.87. The third-order valence-corrected chi connectivity index (χ3v) is 7.58. The molecule has 0 aliphatic carbocycles. The van der Waals surface area contributed by atoms with Crippen LogP contribution in [0.1, 0.15) is 57.2 Å². The average molecular weight is 638 g/mol. The molecule has 248 valence electrons. The molecule has 1 aliphatic rings. The van der Waals surface area contributed by atoms with Gasteiger partial charge in [-0.2, -0.15) is 4.98 Å². The third kappa shape index (κ3) is 8.81. The molecule has 0 fully saturated rings. The number of aromatic nitrogens is 2. The topological polar surface area (TPSA) is 124 Å². The monoisotopic (exact) mass is 637 g/mol. The van der Waals surface area contributed by atoms with Crippen LogP contribution in [0.5, 0.6) is 0 Å². The van der Waals surface area contributed by atoms with E-state index in [0.717, 1.165) is 16.7 Å². The minimum Gasteiger partial charge on any atom is -0.444 e. The summed E-state index contributed by atoms with van der Waals surface area (Å²) in [5, 5.41) is 10.3. The van der Waals surface area contributed by atoms with Crippen LogP contribution in [0.3, 0.4) is 0 Å². The largest absolute Gasteiger partial charge is 0.444 e. The molecule has 46 heavy (non-hydrogen) atoms. The van der Waals surface area contributed by atoms with Crippen LogP contribution in [0.15, 0.2) is 40.9 Å². The smallest absolute Gasteiger partial charge is 0.410 e. The van der Waals surface area contributed by atoms with Crippen molar-refractivity contribution in [2.24, 2.45) is 0 Å². The molecule has 0 atom stereocenters. The molecule has 13 heteroatoms. The quantitative estimate of drug-likeness (QED) is 0.325. The predicted octanol–water partition coefficient (Wildman–Crippen LogP) is 4.45. The van der Waals surface area contributed by atoms with Crippen LogP contribution in [-0.4, -0.2) is 87.8 Å². The Balaban J connectivity index is 1.50. The summed E-state index contributed by atoms with van der Waals surface area (Å²) >= 11 is 0. The van der Waals surface area contributed by atoms with Crippen molar-refractivity contribution in [3.63, 3.8) is 0 Å². The number of likely N-dealkylation sites (N-methyl/N-ethyl adjacent to an activating group) is 1. The summed E-state index contributed by atoms with van der Waals surface area (Å²) < 4.78 is 24.5. The Morgan fingerprint density at radius 3 is 2.43 bits per heavy atom. The summed E-state index contributed by atoms with van der Waals surface area (Å²) in [7, 11) is 1.67. The number of rotatable bonds is 11. The maximum absolute atomic E-state index is 13.8. The summed E-state index contributed by atoms with van der Waals surface area (Å²) in [5.41, 5.74) is 3.31. The number of benzene rings is 2. The summed E-state index contributed by atoms with van der Waals surface area (Å²) in [4.78, 5) is 47.3. The zero-order valence-corrected chi connectivity index (χ0v) is 27.9. The van der Waals surface area contributed by atoms with Crippen molar-refractivity contribution in [2.45, 2.75) is 73.2 Å². The highest BCUT2D eigenvalue weighted by Gasteiger charge is 2.28. The van der Waals surface area contributed by atoms with E-state index in [2.05, 4.69) is 15.5 Å². The van der Waals surface area contributed by atoms with E-state index in [1.165, 1.54) is 17.1 Å². The molecule has 12 nitrogen and oxygen atoms in total. The van der Waals surface area contributed by atoms with Crippen molar-refractivity contribution in [3.05, 3.63) is 64.8 Å². The van der Waals surface area contributed by atoms with Gasteiger partial charge in [0.1, 0.15) is 11.4 Å². The first-order valence-electron chi connectivity index (χ1n) is 15.3. The Morgan fingerprint density at radius 2 is 1.78 bits per heavy atom. The molecule has 2 aromatic carbocycles. The lowest BCUT2D eigenvalue weighted by Gasteiger charge is -2.32. The number of amides is 3. The summed E-state index contributed by atoms with van der Waals surface area (Å²) in [6, 6.07) is 10.1. The summed E-state index contributed by atoms with van der Waals surface area (Å²) in [6.45, 7) is 13.8. The second kappa shape index (κ2) is 14.3. The molecule has 1 aliphatic heterocycles. The van der Waals surface area contributed by atoms with Gasteiger partial charge in [-0.15, -0.1) is 0 Å². The van der Waals surface area contributed by atoms with E-state index in [1.54, 1.807) is 50.6 Å². The number of fused-ring (bicyclic) bond motifs is 1. The number of carbonyl (C=O) groups is 3. The van der Waals surface area contributed by atoms with E-state index in [0.29, 0.717) is 36.1 Å². The number of carbonyl (C=O) groups excluding carboxylic acids is 3. The number of anilines is 1. The first-order chi connectivity index (χ1) is 21.6. The van der Waals surface area contributed by atoms with Crippen LogP contribution in [0, 0.1) is 19.7 Å². The van der Waals surface area contributed by atoms with Crippen LogP contribution in [-0.2, 0) is 27.4 Å². The van der Waals surface area contributed by atoms with Crippen molar-refractivity contribution in [1.82, 2.24) is 30.4 Å². The number of hydrogen-bond acceptors (Lipinski definition) is 9. The molecule has 0 saturated carbocycles. The van der Waals surface area contributed by atoms with Crippen molar-refractivity contribution in [2.75, 3.05) is 38.1 Å². The molecule has 2 heterocycles. The molecular weight excluding hydrogens is 593 g/mol.